The van der Waals surface area contributed by atoms with E-state index in [0.29, 0.717) is 18.1 Å². The Labute approximate surface area is 150 Å². The maximum Gasteiger partial charge on any atom is 0.258 e. The van der Waals surface area contributed by atoms with Gasteiger partial charge >= 0.3 is 0 Å². The highest BCUT2D eigenvalue weighted by Crippen LogP contribution is 2.20. The largest absolute Gasteiger partial charge is 0.494 e. The number of rotatable bonds is 6. The van der Waals surface area contributed by atoms with Gasteiger partial charge in [-0.25, -0.2) is 9.37 Å². The van der Waals surface area contributed by atoms with Crippen molar-refractivity contribution in [3.8, 4) is 5.75 Å². The van der Waals surface area contributed by atoms with Gasteiger partial charge in [-0.3, -0.25) is 4.79 Å². The highest BCUT2D eigenvalue weighted by Gasteiger charge is 2.11. The number of ether oxygens (including phenoxy) is 1. The molecule has 1 heterocycles. The molecule has 5 nitrogen and oxygen atoms in total. The molecule has 0 unspecified atom stereocenters. The molecule has 3 rings (SSSR count). The van der Waals surface area contributed by atoms with Crippen LogP contribution >= 0.6 is 0 Å². The summed E-state index contributed by atoms with van der Waals surface area (Å²) in [4.78, 5) is 16.3. The zero-order valence-corrected chi connectivity index (χ0v) is 14.2. The van der Waals surface area contributed by atoms with Crippen LogP contribution in [0.25, 0.3) is 0 Å². The number of pyridine rings is 1. The van der Waals surface area contributed by atoms with Crippen molar-refractivity contribution >= 4 is 23.1 Å². The normalized spacial score (nSPS) is 10.2. The zero-order valence-electron chi connectivity index (χ0n) is 14.2. The molecule has 1 aromatic heterocycles. The van der Waals surface area contributed by atoms with Gasteiger partial charge in [0.25, 0.3) is 5.91 Å². The number of carbonyl (C=O) groups is 1. The van der Waals surface area contributed by atoms with Crippen molar-refractivity contribution in [2.45, 2.75) is 6.92 Å². The van der Waals surface area contributed by atoms with Crippen molar-refractivity contribution in [1.29, 1.82) is 0 Å². The van der Waals surface area contributed by atoms with Crippen molar-refractivity contribution in [2.75, 3.05) is 17.2 Å². The summed E-state index contributed by atoms with van der Waals surface area (Å²) in [5, 5.41) is 5.78. The molecule has 2 aromatic carbocycles. The van der Waals surface area contributed by atoms with Crippen LogP contribution in [0, 0.1) is 5.82 Å². The Morgan fingerprint density at radius 1 is 1.04 bits per heavy atom. The maximum atomic E-state index is 13.6. The van der Waals surface area contributed by atoms with Crippen LogP contribution in [0.1, 0.15) is 17.3 Å². The molecule has 0 radical (unpaired) electrons. The first-order valence-corrected chi connectivity index (χ1v) is 8.17. The number of benzene rings is 2. The first-order chi connectivity index (χ1) is 12.7. The Balaban J connectivity index is 1.63. The summed E-state index contributed by atoms with van der Waals surface area (Å²) < 4.78 is 19.0. The monoisotopic (exact) mass is 351 g/mol. The van der Waals surface area contributed by atoms with Crippen LogP contribution in [0.2, 0.25) is 0 Å². The lowest BCUT2D eigenvalue weighted by Gasteiger charge is -2.09. The molecule has 0 fully saturated rings. The predicted molar refractivity (Wildman–Crippen MR) is 99.5 cm³/mol. The second-order valence-corrected chi connectivity index (χ2v) is 5.45. The number of carbonyl (C=O) groups excluding carboxylic acids is 1. The van der Waals surface area contributed by atoms with E-state index in [0.717, 1.165) is 11.4 Å². The second-order valence-electron chi connectivity index (χ2n) is 5.45. The van der Waals surface area contributed by atoms with Crippen molar-refractivity contribution in [2.24, 2.45) is 0 Å². The number of halogens is 1. The maximum absolute atomic E-state index is 13.6. The molecular formula is C20H18FN3O2. The molecule has 0 spiro atoms. The van der Waals surface area contributed by atoms with E-state index >= 15 is 0 Å². The molecule has 0 aliphatic carbocycles. The number of hydrogen-bond acceptors (Lipinski definition) is 4. The van der Waals surface area contributed by atoms with Gasteiger partial charge in [-0.15, -0.1) is 0 Å². The highest BCUT2D eigenvalue weighted by molar-refractivity contribution is 6.04. The van der Waals surface area contributed by atoms with Gasteiger partial charge in [0.15, 0.2) is 0 Å². The standard InChI is InChI=1S/C20H18FN3O2/c1-2-26-16-10-7-14(8-11-16)23-19-12-9-15(13-22-19)24-20(25)17-5-3-4-6-18(17)21/h3-13H,2H2,1H3,(H,22,23)(H,24,25). The quantitative estimate of drug-likeness (QED) is 0.680. The Morgan fingerprint density at radius 3 is 2.42 bits per heavy atom. The molecule has 6 heteroatoms. The molecule has 26 heavy (non-hydrogen) atoms. The fraction of sp³-hybridized carbons (Fsp3) is 0.100. The van der Waals surface area contributed by atoms with Crippen molar-refractivity contribution in [3.63, 3.8) is 0 Å². The minimum Gasteiger partial charge on any atom is -0.494 e. The van der Waals surface area contributed by atoms with Crippen molar-refractivity contribution in [3.05, 3.63) is 78.2 Å². The molecular weight excluding hydrogens is 333 g/mol. The lowest BCUT2D eigenvalue weighted by atomic mass is 10.2. The lowest BCUT2D eigenvalue weighted by Crippen LogP contribution is -2.13. The van der Waals surface area contributed by atoms with Crippen LogP contribution in [0.15, 0.2) is 66.9 Å². The molecule has 0 atom stereocenters. The van der Waals surface area contributed by atoms with E-state index in [1.165, 1.54) is 24.4 Å². The van der Waals surface area contributed by atoms with Crippen molar-refractivity contribution < 1.29 is 13.9 Å². The summed E-state index contributed by atoms with van der Waals surface area (Å²) in [6, 6.07) is 16.8. The molecule has 0 aliphatic rings. The predicted octanol–water partition coefficient (Wildman–Crippen LogP) is 4.62. The molecule has 132 valence electrons. The van der Waals surface area contributed by atoms with Crippen LogP contribution < -0.4 is 15.4 Å². The Hall–Kier alpha value is -3.41. The minimum absolute atomic E-state index is 0.0101. The number of hydrogen-bond donors (Lipinski definition) is 2. The fourth-order valence-corrected chi connectivity index (χ4v) is 2.33. The molecule has 0 saturated carbocycles. The van der Waals surface area contributed by atoms with Gasteiger partial charge in [0.1, 0.15) is 17.4 Å². The van der Waals surface area contributed by atoms with E-state index in [2.05, 4.69) is 15.6 Å². The van der Waals surface area contributed by atoms with Crippen molar-refractivity contribution in [1.82, 2.24) is 4.98 Å². The zero-order chi connectivity index (χ0) is 18.4. The molecule has 2 N–H and O–H groups in total. The van der Waals surface area contributed by atoms with Crippen LogP contribution in [-0.4, -0.2) is 17.5 Å². The third kappa shape index (κ3) is 4.36. The third-order valence-corrected chi connectivity index (χ3v) is 3.58. The molecule has 0 saturated heterocycles. The molecule has 1 amide bonds. The van der Waals surface area contributed by atoms with E-state index in [1.807, 2.05) is 31.2 Å². The van der Waals surface area contributed by atoms with Crippen LogP contribution in [-0.2, 0) is 0 Å². The summed E-state index contributed by atoms with van der Waals surface area (Å²) in [5.74, 6) is 0.346. The Kier molecular flexibility index (Phi) is 5.43. The SMILES string of the molecule is CCOc1ccc(Nc2ccc(NC(=O)c3ccccc3F)cn2)cc1. The minimum atomic E-state index is -0.563. The van der Waals surface area contributed by atoms with Gasteiger partial charge in [0, 0.05) is 5.69 Å². The van der Waals surface area contributed by atoms with E-state index in [-0.39, 0.29) is 5.56 Å². The average molecular weight is 351 g/mol. The van der Waals surface area contributed by atoms with Gasteiger partial charge < -0.3 is 15.4 Å². The molecule has 3 aromatic rings. The highest BCUT2D eigenvalue weighted by atomic mass is 19.1. The van der Waals surface area contributed by atoms with E-state index in [4.69, 9.17) is 4.74 Å². The van der Waals surface area contributed by atoms with E-state index in [1.54, 1.807) is 18.2 Å². The van der Waals surface area contributed by atoms with Gasteiger partial charge in [-0.2, -0.15) is 0 Å². The number of anilines is 3. The van der Waals surface area contributed by atoms with Gasteiger partial charge in [0.2, 0.25) is 0 Å². The Morgan fingerprint density at radius 2 is 1.77 bits per heavy atom. The van der Waals surface area contributed by atoms with Gasteiger partial charge in [0.05, 0.1) is 24.1 Å². The number of nitrogens with zero attached hydrogens (tertiary/aromatic N) is 1. The summed E-state index contributed by atoms with van der Waals surface area (Å²) in [7, 11) is 0. The second kappa shape index (κ2) is 8.11. The summed E-state index contributed by atoms with van der Waals surface area (Å²) in [6.45, 7) is 2.55. The van der Waals surface area contributed by atoms with Crippen LogP contribution in [0.4, 0.5) is 21.6 Å². The van der Waals surface area contributed by atoms with Crippen LogP contribution in [0.3, 0.4) is 0 Å². The smallest absolute Gasteiger partial charge is 0.258 e. The van der Waals surface area contributed by atoms with Gasteiger partial charge in [-0.05, 0) is 55.5 Å². The number of amides is 1. The molecule has 0 bridgehead atoms. The van der Waals surface area contributed by atoms with Gasteiger partial charge in [-0.1, -0.05) is 12.1 Å². The first kappa shape index (κ1) is 17.4. The summed E-state index contributed by atoms with van der Waals surface area (Å²) >= 11 is 0. The summed E-state index contributed by atoms with van der Waals surface area (Å²) in [5.41, 5.74) is 1.34. The topological polar surface area (TPSA) is 63.2 Å². The third-order valence-electron chi connectivity index (χ3n) is 3.58. The Bertz CT molecular complexity index is 880. The number of aromatic nitrogens is 1. The first-order valence-electron chi connectivity index (χ1n) is 8.17. The van der Waals surface area contributed by atoms with E-state index in [9.17, 15) is 9.18 Å². The average Bonchev–Trinajstić information content (AvgIpc) is 2.65. The molecule has 0 aliphatic heterocycles. The lowest BCUT2D eigenvalue weighted by molar-refractivity contribution is 0.102. The summed E-state index contributed by atoms with van der Waals surface area (Å²) in [6.07, 6.45) is 1.51. The van der Waals surface area contributed by atoms with Crippen LogP contribution in [0.5, 0.6) is 5.75 Å². The van der Waals surface area contributed by atoms with E-state index < -0.39 is 11.7 Å². The fourth-order valence-electron chi connectivity index (χ4n) is 2.33. The number of nitrogens with one attached hydrogen (secondary N) is 2.